The van der Waals surface area contributed by atoms with Gasteiger partial charge in [0.2, 0.25) is 0 Å². The van der Waals surface area contributed by atoms with Crippen LogP contribution in [0.25, 0.3) is 0 Å². The first kappa shape index (κ1) is 21.3. The van der Waals surface area contributed by atoms with Crippen molar-refractivity contribution in [2.45, 2.75) is 84.0 Å². The summed E-state index contributed by atoms with van der Waals surface area (Å²) < 4.78 is 20.0. The van der Waals surface area contributed by atoms with Gasteiger partial charge in [-0.3, -0.25) is 4.79 Å². The second kappa shape index (κ2) is 15.2. The number of unbranched alkanes of at least 4 members (excludes halogenated alkanes) is 8. The van der Waals surface area contributed by atoms with Crippen molar-refractivity contribution in [2.24, 2.45) is 0 Å². The van der Waals surface area contributed by atoms with Gasteiger partial charge in [0.05, 0.1) is 5.75 Å². The van der Waals surface area contributed by atoms with Crippen molar-refractivity contribution in [1.29, 1.82) is 0 Å². The van der Waals surface area contributed by atoms with Crippen molar-refractivity contribution in [3.05, 3.63) is 11.6 Å². The van der Waals surface area contributed by atoms with Crippen LogP contribution in [0.1, 0.15) is 84.0 Å². The van der Waals surface area contributed by atoms with Crippen molar-refractivity contribution in [3.8, 4) is 0 Å². The quantitative estimate of drug-likeness (QED) is 0.253. The van der Waals surface area contributed by atoms with Crippen molar-refractivity contribution in [3.63, 3.8) is 0 Å². The third-order valence-corrected chi connectivity index (χ3v) is 4.31. The van der Waals surface area contributed by atoms with E-state index in [9.17, 15) is 9.00 Å². The molecule has 0 aromatic heterocycles. The highest BCUT2D eigenvalue weighted by molar-refractivity contribution is 7.79. The molecular formula is C17H32O4S. The SMILES string of the molecule is CCCCCC/C(=C\CCCCCCCC(=O)O)CS(=O)O. The maximum absolute atomic E-state index is 11.0. The Bertz CT molecular complexity index is 340. The lowest BCUT2D eigenvalue weighted by atomic mass is 10.0. The Morgan fingerprint density at radius 1 is 0.955 bits per heavy atom. The molecule has 0 amide bonds. The van der Waals surface area contributed by atoms with Crippen molar-refractivity contribution in [2.75, 3.05) is 5.75 Å². The first-order chi connectivity index (χ1) is 10.6. The minimum atomic E-state index is -1.74. The van der Waals surface area contributed by atoms with E-state index < -0.39 is 17.0 Å². The molecule has 0 bridgehead atoms. The van der Waals surface area contributed by atoms with Gasteiger partial charge >= 0.3 is 5.97 Å². The fourth-order valence-corrected chi connectivity index (χ4v) is 3.01. The number of carbonyl (C=O) groups is 1. The molecule has 0 spiro atoms. The molecule has 1 atom stereocenters. The molecule has 1 unspecified atom stereocenters. The van der Waals surface area contributed by atoms with Crippen molar-refractivity contribution >= 4 is 17.0 Å². The van der Waals surface area contributed by atoms with Crippen LogP contribution in [0.3, 0.4) is 0 Å². The zero-order chi connectivity index (χ0) is 16.6. The summed E-state index contributed by atoms with van der Waals surface area (Å²) in [4.78, 5) is 10.4. The monoisotopic (exact) mass is 332 g/mol. The average Bonchev–Trinajstić information content (AvgIpc) is 2.45. The molecule has 0 fully saturated rings. The zero-order valence-electron chi connectivity index (χ0n) is 13.9. The van der Waals surface area contributed by atoms with Gasteiger partial charge in [0.1, 0.15) is 0 Å². The Labute approximate surface area is 137 Å². The van der Waals surface area contributed by atoms with Crippen LogP contribution in [0, 0.1) is 0 Å². The molecule has 0 rings (SSSR count). The summed E-state index contributed by atoms with van der Waals surface area (Å²) in [6.07, 6.45) is 14.0. The molecule has 4 nitrogen and oxygen atoms in total. The lowest BCUT2D eigenvalue weighted by Gasteiger charge is -2.06. The minimum Gasteiger partial charge on any atom is -0.481 e. The van der Waals surface area contributed by atoms with Gasteiger partial charge in [-0.05, 0) is 32.1 Å². The summed E-state index contributed by atoms with van der Waals surface area (Å²) in [6, 6.07) is 0. The maximum atomic E-state index is 11.0. The van der Waals surface area contributed by atoms with Gasteiger partial charge < -0.3 is 9.66 Å². The van der Waals surface area contributed by atoms with E-state index in [0.29, 0.717) is 0 Å². The average molecular weight is 333 g/mol. The predicted molar refractivity (Wildman–Crippen MR) is 92.4 cm³/mol. The molecule has 130 valence electrons. The number of hydrogen-bond acceptors (Lipinski definition) is 2. The van der Waals surface area contributed by atoms with Gasteiger partial charge in [0.15, 0.2) is 11.1 Å². The topological polar surface area (TPSA) is 74.6 Å². The molecule has 0 aliphatic carbocycles. The summed E-state index contributed by atoms with van der Waals surface area (Å²) in [5, 5.41) is 8.54. The molecule has 0 aliphatic rings. The summed E-state index contributed by atoms with van der Waals surface area (Å²) in [7, 11) is 0. The normalized spacial score (nSPS) is 13.3. The Hall–Kier alpha value is -0.680. The standard InChI is InChI=1S/C17H32O4S/c1-2-3-4-9-12-16(15-22(20)21)13-10-7-5-6-8-11-14-17(18)19/h13H,2-12,14-15H2,1H3,(H,18,19)(H,20,21)/b16-13+. The molecule has 0 radical (unpaired) electrons. The molecule has 2 N–H and O–H groups in total. The van der Waals surface area contributed by atoms with E-state index in [2.05, 4.69) is 13.0 Å². The Balaban J connectivity index is 3.79. The molecule has 0 heterocycles. The summed E-state index contributed by atoms with van der Waals surface area (Å²) >= 11 is -1.74. The third kappa shape index (κ3) is 15.7. The Kier molecular flexibility index (Phi) is 14.8. The minimum absolute atomic E-state index is 0.268. The van der Waals surface area contributed by atoms with Gasteiger partial charge in [0.25, 0.3) is 0 Å². The van der Waals surface area contributed by atoms with Crippen LogP contribution < -0.4 is 0 Å². The Morgan fingerprint density at radius 2 is 1.55 bits per heavy atom. The van der Waals surface area contributed by atoms with Gasteiger partial charge in [-0.2, -0.15) is 0 Å². The summed E-state index contributed by atoms with van der Waals surface area (Å²) in [6.45, 7) is 2.18. The molecule has 22 heavy (non-hydrogen) atoms. The van der Waals surface area contributed by atoms with Crippen LogP contribution in [0.4, 0.5) is 0 Å². The lowest BCUT2D eigenvalue weighted by molar-refractivity contribution is -0.137. The smallest absolute Gasteiger partial charge is 0.303 e. The van der Waals surface area contributed by atoms with Gasteiger partial charge in [0, 0.05) is 6.42 Å². The molecular weight excluding hydrogens is 300 g/mol. The van der Waals surface area contributed by atoms with Crippen LogP contribution in [-0.4, -0.2) is 25.6 Å². The van der Waals surface area contributed by atoms with E-state index in [1.165, 1.54) is 19.3 Å². The van der Waals surface area contributed by atoms with E-state index in [4.69, 9.17) is 9.66 Å². The number of rotatable bonds is 15. The van der Waals surface area contributed by atoms with Gasteiger partial charge in [-0.15, -0.1) is 0 Å². The lowest BCUT2D eigenvalue weighted by Crippen LogP contribution is -2.00. The second-order valence-electron chi connectivity index (χ2n) is 5.84. The molecule has 0 aromatic rings. The van der Waals surface area contributed by atoms with E-state index >= 15 is 0 Å². The number of allylic oxidation sites excluding steroid dienone is 1. The molecule has 5 heteroatoms. The molecule has 0 aromatic carbocycles. The first-order valence-corrected chi connectivity index (χ1v) is 9.81. The largest absolute Gasteiger partial charge is 0.481 e. The summed E-state index contributed by atoms with van der Waals surface area (Å²) in [5.74, 6) is -0.433. The van der Waals surface area contributed by atoms with Gasteiger partial charge in [-0.25, -0.2) is 4.21 Å². The highest BCUT2D eigenvalue weighted by Gasteiger charge is 2.02. The number of carboxylic acid groups (broad SMARTS) is 1. The Morgan fingerprint density at radius 3 is 2.18 bits per heavy atom. The van der Waals surface area contributed by atoms with E-state index in [-0.39, 0.29) is 12.2 Å². The molecule has 0 aliphatic heterocycles. The van der Waals surface area contributed by atoms with Crippen LogP contribution in [0.15, 0.2) is 11.6 Å². The predicted octanol–water partition coefficient (Wildman–Crippen LogP) is 4.92. The number of hydrogen-bond donors (Lipinski definition) is 2. The van der Waals surface area contributed by atoms with Crippen molar-refractivity contribution < 1.29 is 18.7 Å². The van der Waals surface area contributed by atoms with Crippen LogP contribution in [0.5, 0.6) is 0 Å². The fourth-order valence-electron chi connectivity index (χ4n) is 2.43. The zero-order valence-corrected chi connectivity index (χ0v) is 14.7. The highest BCUT2D eigenvalue weighted by atomic mass is 32.2. The highest BCUT2D eigenvalue weighted by Crippen LogP contribution is 2.14. The maximum Gasteiger partial charge on any atom is 0.303 e. The van der Waals surface area contributed by atoms with E-state index in [0.717, 1.165) is 56.9 Å². The third-order valence-electron chi connectivity index (χ3n) is 3.69. The van der Waals surface area contributed by atoms with Crippen LogP contribution in [-0.2, 0) is 15.9 Å². The molecule has 0 saturated carbocycles. The van der Waals surface area contributed by atoms with E-state index in [1.807, 2.05) is 0 Å². The van der Waals surface area contributed by atoms with Crippen LogP contribution in [0.2, 0.25) is 0 Å². The fraction of sp³-hybridized carbons (Fsp3) is 0.824. The second-order valence-corrected chi connectivity index (χ2v) is 6.77. The number of carboxylic acids is 1. The first-order valence-electron chi connectivity index (χ1n) is 8.53. The van der Waals surface area contributed by atoms with Crippen LogP contribution >= 0.6 is 0 Å². The number of aliphatic carboxylic acids is 1. The summed E-state index contributed by atoms with van der Waals surface area (Å²) in [5.41, 5.74) is 1.11. The van der Waals surface area contributed by atoms with E-state index in [1.54, 1.807) is 0 Å². The van der Waals surface area contributed by atoms with Crippen molar-refractivity contribution in [1.82, 2.24) is 0 Å². The molecule has 0 saturated heterocycles. The van der Waals surface area contributed by atoms with Gasteiger partial charge in [-0.1, -0.05) is 57.1 Å².